The van der Waals surface area contributed by atoms with Gasteiger partial charge in [0.25, 0.3) is 12.4 Å². The number of hydrogen-bond acceptors (Lipinski definition) is 19. The number of hydrogen-bond donors (Lipinski definition) is 4. The number of nitrogens with zero attached hydrogens (tertiary/aromatic N) is 8. The smallest absolute Gasteiger partial charge is 0.318 e. The molecule has 2 aliphatic heterocycles. The minimum atomic E-state index is -1.22. The number of nitrogens with two attached hydrogens (primary N) is 2. The molecule has 0 spiro atoms. The molecular weight excluding hydrogens is 695 g/mol. The second kappa shape index (κ2) is 17.2. The highest BCUT2D eigenvalue weighted by molar-refractivity contribution is 8.00. The Labute approximate surface area is 286 Å². The van der Waals surface area contributed by atoms with E-state index in [2.05, 4.69) is 41.9 Å². The van der Waals surface area contributed by atoms with Crippen LogP contribution < -0.4 is 16.8 Å². The Balaban J connectivity index is 0.00000201. The van der Waals surface area contributed by atoms with Gasteiger partial charge in [0.2, 0.25) is 29.4 Å². The first-order valence-corrected chi connectivity index (χ1v) is 16.8. The van der Waals surface area contributed by atoms with Gasteiger partial charge in [0.1, 0.15) is 23.4 Å². The van der Waals surface area contributed by atoms with E-state index in [-0.39, 0.29) is 47.8 Å². The number of carboxylic acid groups (broad SMARTS) is 1. The van der Waals surface area contributed by atoms with E-state index >= 15 is 0 Å². The van der Waals surface area contributed by atoms with Gasteiger partial charge in [0, 0.05) is 36.1 Å². The first-order chi connectivity index (χ1) is 22.8. The SMILES string of the molecule is C=CCON=C(C(=O)NC1C(=O)N2CC(CSc3nnnn3CCN)(C(=O)OCOC(=O)C(C)(C)C)CS[C@H]12)c1nsc(N)n1.O=CO. The highest BCUT2D eigenvalue weighted by atomic mass is 32.2. The van der Waals surface area contributed by atoms with Crippen LogP contribution in [0.2, 0.25) is 0 Å². The van der Waals surface area contributed by atoms with Gasteiger partial charge in [-0.15, -0.1) is 16.9 Å². The minimum absolute atomic E-state index is 0.0230. The molecule has 3 atom stereocenters. The molecule has 0 radical (unpaired) electrons. The molecule has 4 rings (SSSR count). The Morgan fingerprint density at radius 2 is 2.04 bits per heavy atom. The first kappa shape index (κ1) is 38.1. The zero-order valence-corrected chi connectivity index (χ0v) is 28.6. The number of rotatable bonds is 14. The fraction of sp³-hybridized carbons (Fsp3) is 0.560. The quantitative estimate of drug-likeness (QED) is 0.0207. The van der Waals surface area contributed by atoms with Crippen LogP contribution in [0, 0.1) is 10.8 Å². The lowest BCUT2D eigenvalue weighted by Crippen LogP contribution is -2.74. The summed E-state index contributed by atoms with van der Waals surface area (Å²) in [5.41, 5.74) is 9.04. The van der Waals surface area contributed by atoms with Crippen molar-refractivity contribution in [2.24, 2.45) is 21.7 Å². The second-order valence-electron chi connectivity index (χ2n) is 11.0. The number of esters is 2. The highest BCUT2D eigenvalue weighted by Crippen LogP contribution is 2.45. The molecule has 0 aliphatic carbocycles. The monoisotopic (exact) mass is 729 g/mol. The molecule has 2 unspecified atom stereocenters. The molecule has 2 amide bonds. The van der Waals surface area contributed by atoms with Crippen LogP contribution in [0.5, 0.6) is 0 Å². The number of amides is 2. The van der Waals surface area contributed by atoms with E-state index in [1.165, 1.54) is 39.2 Å². The van der Waals surface area contributed by atoms with E-state index in [0.29, 0.717) is 18.2 Å². The molecule has 0 aromatic carbocycles. The van der Waals surface area contributed by atoms with E-state index in [1.54, 1.807) is 20.8 Å². The Morgan fingerprint density at radius 1 is 1.31 bits per heavy atom. The molecule has 2 aromatic rings. The number of anilines is 1. The van der Waals surface area contributed by atoms with Crippen LogP contribution in [0.25, 0.3) is 0 Å². The number of carbonyl (C=O) groups is 5. The third-order valence-corrected chi connectivity index (χ3v) is 9.77. The van der Waals surface area contributed by atoms with E-state index in [4.69, 9.17) is 35.7 Å². The number of nitrogens with one attached hydrogen (secondary N) is 1. The predicted molar refractivity (Wildman–Crippen MR) is 172 cm³/mol. The van der Waals surface area contributed by atoms with Gasteiger partial charge in [-0.05, 0) is 31.2 Å². The van der Waals surface area contributed by atoms with Crippen molar-refractivity contribution < 1.29 is 43.4 Å². The summed E-state index contributed by atoms with van der Waals surface area (Å²) in [7, 11) is 0. The van der Waals surface area contributed by atoms with Crippen LogP contribution >= 0.6 is 35.1 Å². The van der Waals surface area contributed by atoms with Gasteiger partial charge >= 0.3 is 11.9 Å². The Hall–Kier alpha value is -4.35. The summed E-state index contributed by atoms with van der Waals surface area (Å²) in [6, 6.07) is -0.922. The summed E-state index contributed by atoms with van der Waals surface area (Å²) < 4.78 is 16.1. The van der Waals surface area contributed by atoms with Crippen molar-refractivity contribution in [2.45, 2.75) is 43.9 Å². The molecule has 20 nitrogen and oxygen atoms in total. The zero-order chi connectivity index (χ0) is 35.5. The van der Waals surface area contributed by atoms with E-state index < -0.39 is 52.8 Å². The van der Waals surface area contributed by atoms with Crippen LogP contribution in [0.3, 0.4) is 0 Å². The Kier molecular flexibility index (Phi) is 13.6. The summed E-state index contributed by atoms with van der Waals surface area (Å²) in [4.78, 5) is 71.2. The fourth-order valence-corrected chi connectivity index (χ4v) is 7.24. The van der Waals surface area contributed by atoms with Crippen molar-refractivity contribution in [3.05, 3.63) is 18.5 Å². The lowest BCUT2D eigenvalue weighted by Gasteiger charge is -2.54. The van der Waals surface area contributed by atoms with Crippen molar-refractivity contribution in [2.75, 3.05) is 43.7 Å². The number of oxime groups is 1. The van der Waals surface area contributed by atoms with Crippen molar-refractivity contribution in [3.63, 3.8) is 0 Å². The van der Waals surface area contributed by atoms with Gasteiger partial charge in [-0.1, -0.05) is 29.6 Å². The Bertz CT molecular complexity index is 1510. The minimum Gasteiger partial charge on any atom is -0.483 e. The number of aromatic nitrogens is 6. The van der Waals surface area contributed by atoms with Gasteiger partial charge in [-0.2, -0.15) is 9.36 Å². The standard InChI is InChI=1S/C24H33N11O7S3.CH2O2/c1-5-8-42-30-13(15-28-21(26)45-31-15)16(36)27-14-17(37)34-9-24(10-43-18(14)34,11-44-22-29-32-33-35(22)7-6-25)20(39)41-12-40-19(38)23(2,3)4;2-1-3/h5,14,18H,1,6-12,25H2,2-4H3,(H,27,36)(H2,26,28,31);1H,(H,2,3)/t14?,18-,24?;/m1./s1. The molecule has 6 N–H and O–H groups in total. The highest BCUT2D eigenvalue weighted by Gasteiger charge is 2.58. The van der Waals surface area contributed by atoms with Gasteiger partial charge in [-0.25, -0.2) is 4.68 Å². The normalized spacial score (nSPS) is 20.3. The molecule has 0 bridgehead atoms. The molecule has 2 fully saturated rings. The maximum absolute atomic E-state index is 13.6. The molecule has 262 valence electrons. The topological polar surface area (TPSA) is 282 Å². The number of ether oxygens (including phenoxy) is 2. The summed E-state index contributed by atoms with van der Waals surface area (Å²) in [5.74, 6) is -2.08. The summed E-state index contributed by atoms with van der Waals surface area (Å²) in [5, 5.41) is 25.0. The zero-order valence-electron chi connectivity index (χ0n) is 26.1. The third kappa shape index (κ3) is 9.38. The lowest BCUT2D eigenvalue weighted by atomic mass is 9.89. The summed E-state index contributed by atoms with van der Waals surface area (Å²) in [6.45, 7) is 8.39. The summed E-state index contributed by atoms with van der Waals surface area (Å²) in [6.07, 6.45) is 1.44. The van der Waals surface area contributed by atoms with E-state index in [1.807, 2.05) is 0 Å². The Morgan fingerprint density at radius 3 is 2.67 bits per heavy atom. The number of thioether (sulfide) groups is 2. The molecule has 2 saturated heterocycles. The van der Waals surface area contributed by atoms with Crippen molar-refractivity contribution in [1.82, 2.24) is 39.8 Å². The molecule has 2 aromatic heterocycles. The number of carbonyl (C=O) groups excluding carboxylic acids is 4. The molecule has 0 saturated carbocycles. The van der Waals surface area contributed by atoms with Crippen LogP contribution in [0.1, 0.15) is 26.6 Å². The number of nitrogen functional groups attached to an aromatic ring is 1. The number of β-lactam (4-membered cyclic amide) rings is 1. The average Bonchev–Trinajstić information content (AvgIpc) is 3.69. The van der Waals surface area contributed by atoms with Crippen LogP contribution in [-0.4, -0.2) is 125 Å². The fourth-order valence-electron chi connectivity index (χ4n) is 4.05. The van der Waals surface area contributed by atoms with Gasteiger partial charge < -0.3 is 41.1 Å². The predicted octanol–water partition coefficient (Wildman–Crippen LogP) is -1.06. The van der Waals surface area contributed by atoms with E-state index in [9.17, 15) is 19.2 Å². The van der Waals surface area contributed by atoms with Gasteiger partial charge in [-0.3, -0.25) is 24.0 Å². The first-order valence-electron chi connectivity index (χ1n) is 14.0. The van der Waals surface area contributed by atoms with Crippen LogP contribution in [-0.2, 0) is 44.8 Å². The molecule has 4 heterocycles. The second-order valence-corrected chi connectivity index (χ2v) is 13.8. The summed E-state index contributed by atoms with van der Waals surface area (Å²) >= 11 is 3.37. The van der Waals surface area contributed by atoms with Crippen LogP contribution in [0.15, 0.2) is 23.0 Å². The van der Waals surface area contributed by atoms with Gasteiger partial charge in [0.05, 0.1) is 12.0 Å². The largest absolute Gasteiger partial charge is 0.483 e. The lowest BCUT2D eigenvalue weighted by molar-refractivity contribution is -0.180. The van der Waals surface area contributed by atoms with Crippen molar-refractivity contribution in [3.8, 4) is 0 Å². The van der Waals surface area contributed by atoms with Crippen molar-refractivity contribution in [1.29, 1.82) is 0 Å². The van der Waals surface area contributed by atoms with E-state index in [0.717, 1.165) is 11.5 Å². The van der Waals surface area contributed by atoms with Crippen LogP contribution in [0.4, 0.5) is 5.13 Å². The average molecular weight is 730 g/mol. The maximum Gasteiger partial charge on any atom is 0.318 e. The molecule has 23 heteroatoms. The number of tetrazole rings is 1. The third-order valence-electron chi connectivity index (χ3n) is 6.39. The molecular formula is C25H35N11O9S3. The van der Waals surface area contributed by atoms with Gasteiger partial charge in [0.15, 0.2) is 5.13 Å². The maximum atomic E-state index is 13.6. The molecule has 2 aliphatic rings. The molecule has 48 heavy (non-hydrogen) atoms. The number of fused-ring (bicyclic) bond motifs is 1. The van der Waals surface area contributed by atoms with Crippen molar-refractivity contribution >= 4 is 76.1 Å².